The predicted molar refractivity (Wildman–Crippen MR) is 76.4 cm³/mol. The first kappa shape index (κ1) is 13.9. The van der Waals surface area contributed by atoms with Crippen molar-refractivity contribution in [1.29, 1.82) is 0 Å². The highest BCUT2D eigenvalue weighted by Gasteiger charge is 2.07. The zero-order valence-electron chi connectivity index (χ0n) is 11.2. The molecule has 0 unspecified atom stereocenters. The third-order valence-electron chi connectivity index (χ3n) is 3.04. The lowest BCUT2D eigenvalue weighted by Crippen LogP contribution is -2.16. The molecule has 0 amide bonds. The Kier molecular flexibility index (Phi) is 4.82. The van der Waals surface area contributed by atoms with Crippen molar-refractivity contribution in [3.05, 3.63) is 47.0 Å². The van der Waals surface area contributed by atoms with Gasteiger partial charge in [0.1, 0.15) is 5.75 Å². The fourth-order valence-corrected chi connectivity index (χ4v) is 2.23. The van der Waals surface area contributed by atoms with Crippen molar-refractivity contribution in [2.45, 2.75) is 26.6 Å². The summed E-state index contributed by atoms with van der Waals surface area (Å²) in [5.74, 6) is 0.809. The summed E-state index contributed by atoms with van der Waals surface area (Å²) in [6, 6.07) is 5.67. The number of nitrogens with zero attached hydrogens (tertiary/aromatic N) is 2. The van der Waals surface area contributed by atoms with E-state index in [1.807, 2.05) is 30.7 Å². The monoisotopic (exact) mass is 279 g/mol. The van der Waals surface area contributed by atoms with Gasteiger partial charge in [0.2, 0.25) is 0 Å². The summed E-state index contributed by atoms with van der Waals surface area (Å²) in [6.07, 6.45) is 3.72. The van der Waals surface area contributed by atoms with Gasteiger partial charge >= 0.3 is 0 Å². The standard InChI is InChI=1S/C14H18ClN3O/c1-3-18-10-17-8-11(18)7-16-9-12-13(15)5-4-6-14(12)19-2/h4-6,8,10,16H,3,7,9H2,1-2H3. The van der Waals surface area contributed by atoms with Crippen molar-refractivity contribution >= 4 is 11.6 Å². The Morgan fingerprint density at radius 1 is 1.37 bits per heavy atom. The molecule has 0 spiro atoms. The topological polar surface area (TPSA) is 39.1 Å². The van der Waals surface area contributed by atoms with E-state index in [1.54, 1.807) is 7.11 Å². The molecule has 19 heavy (non-hydrogen) atoms. The molecule has 0 bridgehead atoms. The number of nitrogens with one attached hydrogen (secondary N) is 1. The lowest BCUT2D eigenvalue weighted by atomic mass is 10.2. The maximum Gasteiger partial charge on any atom is 0.124 e. The normalized spacial score (nSPS) is 10.7. The van der Waals surface area contributed by atoms with Gasteiger partial charge in [-0.2, -0.15) is 0 Å². The van der Waals surface area contributed by atoms with Gasteiger partial charge in [-0.15, -0.1) is 0 Å². The first-order chi connectivity index (χ1) is 9.26. The lowest BCUT2D eigenvalue weighted by Gasteiger charge is -2.12. The second kappa shape index (κ2) is 6.59. The van der Waals surface area contributed by atoms with E-state index < -0.39 is 0 Å². The summed E-state index contributed by atoms with van der Waals surface area (Å²) >= 11 is 6.19. The van der Waals surface area contributed by atoms with E-state index in [4.69, 9.17) is 16.3 Å². The first-order valence-electron chi connectivity index (χ1n) is 6.27. The number of methoxy groups -OCH3 is 1. The van der Waals surface area contributed by atoms with E-state index in [0.29, 0.717) is 6.54 Å². The summed E-state index contributed by atoms with van der Waals surface area (Å²) in [5, 5.41) is 4.09. The molecule has 2 rings (SSSR count). The van der Waals surface area contributed by atoms with Crippen LogP contribution in [0.1, 0.15) is 18.2 Å². The van der Waals surface area contributed by atoms with Crippen LogP contribution in [0, 0.1) is 0 Å². The second-order valence-electron chi connectivity index (χ2n) is 4.20. The average Bonchev–Trinajstić information content (AvgIpc) is 2.88. The molecule has 0 aliphatic rings. The smallest absolute Gasteiger partial charge is 0.124 e. The van der Waals surface area contributed by atoms with Crippen molar-refractivity contribution in [3.8, 4) is 5.75 Å². The van der Waals surface area contributed by atoms with Gasteiger partial charge in [0.15, 0.2) is 0 Å². The van der Waals surface area contributed by atoms with Crippen LogP contribution in [0.4, 0.5) is 0 Å². The van der Waals surface area contributed by atoms with Crippen LogP contribution in [0.25, 0.3) is 0 Å². The van der Waals surface area contributed by atoms with Gasteiger partial charge in [0.05, 0.1) is 19.1 Å². The SMILES string of the molecule is CCn1cncc1CNCc1c(Cl)cccc1OC. The third-order valence-corrected chi connectivity index (χ3v) is 3.40. The highest BCUT2D eigenvalue weighted by molar-refractivity contribution is 6.31. The van der Waals surface area contributed by atoms with Gasteiger partial charge in [-0.05, 0) is 19.1 Å². The van der Waals surface area contributed by atoms with Crippen molar-refractivity contribution in [2.24, 2.45) is 0 Å². The van der Waals surface area contributed by atoms with E-state index >= 15 is 0 Å². The Morgan fingerprint density at radius 3 is 2.95 bits per heavy atom. The van der Waals surface area contributed by atoms with Crippen LogP contribution in [0.5, 0.6) is 5.75 Å². The van der Waals surface area contributed by atoms with Gasteiger partial charge in [0.25, 0.3) is 0 Å². The van der Waals surface area contributed by atoms with E-state index in [2.05, 4.69) is 21.8 Å². The van der Waals surface area contributed by atoms with Crippen LogP contribution in [0.3, 0.4) is 0 Å². The molecule has 5 heteroatoms. The van der Waals surface area contributed by atoms with Crippen molar-refractivity contribution in [2.75, 3.05) is 7.11 Å². The Bertz CT molecular complexity index is 539. The maximum absolute atomic E-state index is 6.19. The number of benzene rings is 1. The number of aryl methyl sites for hydroxylation is 1. The number of halogens is 1. The molecule has 0 atom stereocenters. The average molecular weight is 280 g/mol. The van der Waals surface area contributed by atoms with Crippen LogP contribution < -0.4 is 10.1 Å². The molecular formula is C14H18ClN3O. The molecule has 1 aromatic carbocycles. The third kappa shape index (κ3) is 3.28. The maximum atomic E-state index is 6.19. The molecule has 0 aliphatic carbocycles. The van der Waals surface area contributed by atoms with Crippen LogP contribution >= 0.6 is 11.6 Å². The van der Waals surface area contributed by atoms with Crippen molar-refractivity contribution in [3.63, 3.8) is 0 Å². The minimum atomic E-state index is 0.664. The van der Waals surface area contributed by atoms with Gasteiger partial charge in [0, 0.05) is 36.4 Å². The van der Waals surface area contributed by atoms with E-state index in [9.17, 15) is 0 Å². The highest BCUT2D eigenvalue weighted by Crippen LogP contribution is 2.25. The Balaban J connectivity index is 2.00. The van der Waals surface area contributed by atoms with E-state index in [0.717, 1.165) is 35.1 Å². The summed E-state index contributed by atoms with van der Waals surface area (Å²) in [4.78, 5) is 4.14. The summed E-state index contributed by atoms with van der Waals surface area (Å²) in [7, 11) is 1.65. The van der Waals surface area contributed by atoms with E-state index in [-0.39, 0.29) is 0 Å². The van der Waals surface area contributed by atoms with Gasteiger partial charge < -0.3 is 14.6 Å². The Morgan fingerprint density at radius 2 is 2.21 bits per heavy atom. The summed E-state index contributed by atoms with van der Waals surface area (Å²) < 4.78 is 7.42. The minimum absolute atomic E-state index is 0.664. The molecular weight excluding hydrogens is 262 g/mol. The van der Waals surface area contributed by atoms with Gasteiger partial charge in [-0.1, -0.05) is 17.7 Å². The molecule has 0 fully saturated rings. The Hall–Kier alpha value is -1.52. The summed E-state index contributed by atoms with van der Waals surface area (Å²) in [6.45, 7) is 4.44. The fraction of sp³-hybridized carbons (Fsp3) is 0.357. The van der Waals surface area contributed by atoms with Crippen LogP contribution in [0.15, 0.2) is 30.7 Å². The molecule has 0 saturated heterocycles. The molecule has 1 heterocycles. The molecule has 1 aromatic heterocycles. The first-order valence-corrected chi connectivity index (χ1v) is 6.65. The van der Waals surface area contributed by atoms with Crippen LogP contribution in [-0.2, 0) is 19.6 Å². The van der Waals surface area contributed by atoms with E-state index in [1.165, 1.54) is 0 Å². The van der Waals surface area contributed by atoms with Crippen molar-refractivity contribution < 1.29 is 4.74 Å². The summed E-state index contributed by atoms with van der Waals surface area (Å²) in [5.41, 5.74) is 2.14. The largest absolute Gasteiger partial charge is 0.496 e. The molecule has 1 N–H and O–H groups in total. The molecule has 0 radical (unpaired) electrons. The number of aromatic nitrogens is 2. The Labute approximate surface area is 118 Å². The van der Waals surface area contributed by atoms with Crippen LogP contribution in [0.2, 0.25) is 5.02 Å². The lowest BCUT2D eigenvalue weighted by molar-refractivity contribution is 0.407. The fourth-order valence-electron chi connectivity index (χ4n) is 2.00. The number of ether oxygens (including phenoxy) is 1. The van der Waals surface area contributed by atoms with Crippen molar-refractivity contribution in [1.82, 2.24) is 14.9 Å². The molecule has 0 aliphatic heterocycles. The quantitative estimate of drug-likeness (QED) is 0.884. The zero-order chi connectivity index (χ0) is 13.7. The molecule has 0 saturated carbocycles. The zero-order valence-corrected chi connectivity index (χ0v) is 11.9. The second-order valence-corrected chi connectivity index (χ2v) is 4.60. The number of imidazole rings is 1. The number of hydrogen-bond donors (Lipinski definition) is 1. The van der Waals surface area contributed by atoms with Gasteiger partial charge in [-0.3, -0.25) is 0 Å². The number of rotatable bonds is 6. The molecule has 102 valence electrons. The van der Waals surface area contributed by atoms with Gasteiger partial charge in [-0.25, -0.2) is 4.98 Å². The highest BCUT2D eigenvalue weighted by atomic mass is 35.5. The minimum Gasteiger partial charge on any atom is -0.496 e. The predicted octanol–water partition coefficient (Wildman–Crippen LogP) is 2.85. The molecule has 2 aromatic rings. The van der Waals surface area contributed by atoms with Crippen LogP contribution in [-0.4, -0.2) is 16.7 Å². The molecule has 4 nitrogen and oxygen atoms in total. The number of hydrogen-bond acceptors (Lipinski definition) is 3.